The van der Waals surface area contributed by atoms with Crippen molar-refractivity contribution in [3.63, 3.8) is 0 Å². The molecule has 0 saturated heterocycles. The van der Waals surface area contributed by atoms with Gasteiger partial charge in [-0.2, -0.15) is 5.10 Å². The van der Waals surface area contributed by atoms with Crippen LogP contribution in [0, 0.1) is 13.8 Å². The van der Waals surface area contributed by atoms with Crippen molar-refractivity contribution in [2.75, 3.05) is 11.9 Å². The molecule has 0 aliphatic carbocycles. The first kappa shape index (κ1) is 21.1. The van der Waals surface area contributed by atoms with Gasteiger partial charge in [-0.3, -0.25) is 14.8 Å². The SMILES string of the molecule is CCOc1ccccc1NC(=NCc1c(C)nn(C)c1C)NC(=O)c1ccccc1. The molecule has 0 saturated carbocycles. The Hall–Kier alpha value is -3.61. The molecule has 0 unspecified atom stereocenters. The van der Waals surface area contributed by atoms with E-state index in [2.05, 4.69) is 20.7 Å². The smallest absolute Gasteiger partial charge is 0.257 e. The average Bonchev–Trinajstić information content (AvgIpc) is 2.99. The maximum absolute atomic E-state index is 12.7. The van der Waals surface area contributed by atoms with E-state index < -0.39 is 0 Å². The first-order valence-electron chi connectivity index (χ1n) is 9.88. The topological polar surface area (TPSA) is 80.5 Å². The van der Waals surface area contributed by atoms with E-state index >= 15 is 0 Å². The summed E-state index contributed by atoms with van der Waals surface area (Å²) in [5.41, 5.74) is 4.27. The molecule has 1 aromatic heterocycles. The van der Waals surface area contributed by atoms with E-state index in [4.69, 9.17) is 4.74 Å². The number of para-hydroxylation sites is 2. The molecule has 1 heterocycles. The number of aromatic nitrogens is 2. The molecule has 7 heteroatoms. The normalized spacial score (nSPS) is 11.3. The first-order chi connectivity index (χ1) is 14.5. The minimum absolute atomic E-state index is 0.240. The lowest BCUT2D eigenvalue weighted by molar-refractivity contribution is 0.0977. The van der Waals surface area contributed by atoms with Gasteiger partial charge in [-0.25, -0.2) is 4.99 Å². The molecule has 156 valence electrons. The summed E-state index contributed by atoms with van der Waals surface area (Å²) in [6.45, 7) is 6.81. The largest absolute Gasteiger partial charge is 0.492 e. The third kappa shape index (κ3) is 5.05. The number of aryl methyl sites for hydroxylation is 2. The lowest BCUT2D eigenvalue weighted by Crippen LogP contribution is -2.36. The van der Waals surface area contributed by atoms with Crippen molar-refractivity contribution in [1.29, 1.82) is 0 Å². The number of carbonyl (C=O) groups excluding carboxylic acids is 1. The Kier molecular flexibility index (Phi) is 6.85. The van der Waals surface area contributed by atoms with Gasteiger partial charge in [0.25, 0.3) is 5.91 Å². The van der Waals surface area contributed by atoms with Crippen LogP contribution in [0.5, 0.6) is 5.75 Å². The molecule has 0 atom stereocenters. The van der Waals surface area contributed by atoms with Crippen LogP contribution in [0.1, 0.15) is 34.2 Å². The summed E-state index contributed by atoms with van der Waals surface area (Å²) in [6.07, 6.45) is 0. The molecule has 0 bridgehead atoms. The summed E-state index contributed by atoms with van der Waals surface area (Å²) in [6, 6.07) is 16.6. The zero-order valence-corrected chi connectivity index (χ0v) is 17.8. The highest BCUT2D eigenvalue weighted by molar-refractivity contribution is 6.10. The summed E-state index contributed by atoms with van der Waals surface area (Å²) < 4.78 is 7.52. The molecule has 1 amide bonds. The molecule has 0 spiro atoms. The van der Waals surface area contributed by atoms with Crippen molar-refractivity contribution >= 4 is 17.6 Å². The fourth-order valence-electron chi connectivity index (χ4n) is 3.06. The Morgan fingerprint density at radius 2 is 1.80 bits per heavy atom. The van der Waals surface area contributed by atoms with Gasteiger partial charge in [0, 0.05) is 23.9 Å². The molecular formula is C23H27N5O2. The molecule has 7 nitrogen and oxygen atoms in total. The monoisotopic (exact) mass is 405 g/mol. The number of benzene rings is 2. The van der Waals surface area contributed by atoms with Crippen molar-refractivity contribution in [2.24, 2.45) is 12.0 Å². The Bertz CT molecular complexity index is 1040. The number of hydrogen-bond acceptors (Lipinski definition) is 4. The number of anilines is 1. The number of ether oxygens (including phenoxy) is 1. The Labute approximate surface area is 176 Å². The highest BCUT2D eigenvalue weighted by Gasteiger charge is 2.13. The third-order valence-corrected chi connectivity index (χ3v) is 4.76. The summed E-state index contributed by atoms with van der Waals surface area (Å²) in [5, 5.41) is 10.5. The van der Waals surface area contributed by atoms with Crippen molar-refractivity contribution in [3.05, 3.63) is 77.1 Å². The number of carbonyl (C=O) groups is 1. The van der Waals surface area contributed by atoms with Crippen molar-refractivity contribution < 1.29 is 9.53 Å². The van der Waals surface area contributed by atoms with E-state index in [1.807, 2.05) is 75.0 Å². The number of amides is 1. The minimum atomic E-state index is -0.240. The van der Waals surface area contributed by atoms with Crippen LogP contribution in [0.25, 0.3) is 0 Å². The van der Waals surface area contributed by atoms with Crippen molar-refractivity contribution in [2.45, 2.75) is 27.3 Å². The maximum Gasteiger partial charge on any atom is 0.257 e. The van der Waals surface area contributed by atoms with Crippen LogP contribution in [-0.4, -0.2) is 28.3 Å². The van der Waals surface area contributed by atoms with E-state index in [0.29, 0.717) is 30.4 Å². The second-order valence-electron chi connectivity index (χ2n) is 6.81. The number of hydrogen-bond donors (Lipinski definition) is 2. The molecule has 3 rings (SSSR count). The predicted octanol–water partition coefficient (Wildman–Crippen LogP) is 3.83. The maximum atomic E-state index is 12.7. The molecule has 30 heavy (non-hydrogen) atoms. The standard InChI is InChI=1S/C23H27N5O2/c1-5-30-21-14-10-9-13-20(21)25-23(26-22(29)18-11-7-6-8-12-18)24-15-19-16(2)27-28(4)17(19)3/h6-14H,5,15H2,1-4H3,(H2,24,25,26,29). The second kappa shape index (κ2) is 9.73. The Morgan fingerprint density at radius 3 is 2.47 bits per heavy atom. The zero-order chi connectivity index (χ0) is 21.5. The number of nitrogens with one attached hydrogen (secondary N) is 2. The lowest BCUT2D eigenvalue weighted by Gasteiger charge is -2.15. The third-order valence-electron chi connectivity index (χ3n) is 4.76. The Balaban J connectivity index is 1.89. The summed E-state index contributed by atoms with van der Waals surface area (Å²) >= 11 is 0. The average molecular weight is 406 g/mol. The summed E-state index contributed by atoms with van der Waals surface area (Å²) in [5.74, 6) is 0.796. The highest BCUT2D eigenvalue weighted by Crippen LogP contribution is 2.23. The quantitative estimate of drug-likeness (QED) is 0.482. The van der Waals surface area contributed by atoms with E-state index in [1.54, 1.807) is 12.1 Å². The van der Waals surface area contributed by atoms with Gasteiger partial charge in [-0.15, -0.1) is 0 Å². The van der Waals surface area contributed by atoms with Crippen LogP contribution < -0.4 is 15.4 Å². The van der Waals surface area contributed by atoms with Gasteiger partial charge in [0.15, 0.2) is 0 Å². The van der Waals surface area contributed by atoms with E-state index in [-0.39, 0.29) is 5.91 Å². The van der Waals surface area contributed by atoms with Crippen LogP contribution in [0.3, 0.4) is 0 Å². The zero-order valence-electron chi connectivity index (χ0n) is 17.8. The summed E-state index contributed by atoms with van der Waals surface area (Å²) in [7, 11) is 1.91. The molecule has 0 aliphatic heterocycles. The van der Waals surface area contributed by atoms with Crippen LogP contribution in [-0.2, 0) is 13.6 Å². The van der Waals surface area contributed by atoms with Gasteiger partial charge in [-0.1, -0.05) is 30.3 Å². The second-order valence-corrected chi connectivity index (χ2v) is 6.81. The van der Waals surface area contributed by atoms with Gasteiger partial charge in [0.2, 0.25) is 5.96 Å². The molecule has 2 aromatic carbocycles. The van der Waals surface area contributed by atoms with Gasteiger partial charge >= 0.3 is 0 Å². The van der Waals surface area contributed by atoms with Gasteiger partial charge in [0.1, 0.15) is 5.75 Å². The molecule has 0 aliphatic rings. The van der Waals surface area contributed by atoms with Crippen molar-refractivity contribution in [1.82, 2.24) is 15.1 Å². The fourth-order valence-corrected chi connectivity index (χ4v) is 3.06. The van der Waals surface area contributed by atoms with Crippen LogP contribution in [0.4, 0.5) is 5.69 Å². The minimum Gasteiger partial charge on any atom is -0.492 e. The first-order valence-corrected chi connectivity index (χ1v) is 9.88. The lowest BCUT2D eigenvalue weighted by atomic mass is 10.2. The Morgan fingerprint density at radius 1 is 1.10 bits per heavy atom. The van der Waals surface area contributed by atoms with Gasteiger partial charge < -0.3 is 10.1 Å². The van der Waals surface area contributed by atoms with Gasteiger partial charge in [-0.05, 0) is 45.0 Å². The fraction of sp³-hybridized carbons (Fsp3) is 0.261. The molecule has 0 radical (unpaired) electrons. The van der Waals surface area contributed by atoms with Crippen molar-refractivity contribution in [3.8, 4) is 5.75 Å². The molecule has 3 aromatic rings. The molecule has 2 N–H and O–H groups in total. The molecular weight excluding hydrogens is 378 g/mol. The van der Waals surface area contributed by atoms with Gasteiger partial charge in [0.05, 0.1) is 24.5 Å². The highest BCUT2D eigenvalue weighted by atomic mass is 16.5. The number of guanidine groups is 1. The predicted molar refractivity (Wildman–Crippen MR) is 119 cm³/mol. The summed E-state index contributed by atoms with van der Waals surface area (Å²) in [4.78, 5) is 17.4. The van der Waals surface area contributed by atoms with E-state index in [1.165, 1.54) is 0 Å². The van der Waals surface area contributed by atoms with Crippen LogP contribution in [0.15, 0.2) is 59.6 Å². The number of rotatable bonds is 6. The molecule has 0 fully saturated rings. The number of nitrogens with zero attached hydrogens (tertiary/aromatic N) is 3. The van der Waals surface area contributed by atoms with Crippen LogP contribution >= 0.6 is 0 Å². The van der Waals surface area contributed by atoms with E-state index in [0.717, 1.165) is 22.6 Å². The van der Waals surface area contributed by atoms with E-state index in [9.17, 15) is 4.79 Å². The van der Waals surface area contributed by atoms with Crippen LogP contribution in [0.2, 0.25) is 0 Å². The number of aliphatic imine (C=N–C) groups is 1.